The van der Waals surface area contributed by atoms with Gasteiger partial charge in [-0.3, -0.25) is 0 Å². The van der Waals surface area contributed by atoms with Crippen LogP contribution in [0, 0.1) is 18.6 Å². The molecule has 0 aromatic heterocycles. The van der Waals surface area contributed by atoms with E-state index < -0.39 is 23.5 Å². The molecule has 2 unspecified atom stereocenters. The average molecular weight is 271 g/mol. The molecule has 1 fully saturated rings. The highest BCUT2D eigenvalue weighted by Crippen LogP contribution is 2.34. The number of morpholine rings is 1. The zero-order chi connectivity index (χ0) is 14.4. The van der Waals surface area contributed by atoms with Crippen LogP contribution in [0.5, 0.6) is 0 Å². The molecule has 2 atom stereocenters. The molecule has 0 bridgehead atoms. The summed E-state index contributed by atoms with van der Waals surface area (Å²) in [5.74, 6) is -3.11. The largest absolute Gasteiger partial charge is 0.361 e. The second kappa shape index (κ2) is 4.51. The number of benzene rings is 1. The minimum Gasteiger partial charge on any atom is -0.361 e. The molecule has 0 radical (unpaired) electrons. The van der Waals surface area contributed by atoms with E-state index >= 15 is 0 Å². The molecule has 0 aliphatic carbocycles. The monoisotopic (exact) mass is 271 g/mol. The Morgan fingerprint density at radius 3 is 2.32 bits per heavy atom. The molecule has 5 heteroatoms. The lowest BCUT2D eigenvalue weighted by Gasteiger charge is -2.46. The number of nitrogens with one attached hydrogen (secondary N) is 1. The molecule has 1 aromatic carbocycles. The summed E-state index contributed by atoms with van der Waals surface area (Å²) in [6, 6.07) is 1.75. The van der Waals surface area contributed by atoms with Gasteiger partial charge in [-0.2, -0.15) is 0 Å². The summed E-state index contributed by atoms with van der Waals surface area (Å²) in [6.45, 7) is 7.17. The maximum absolute atomic E-state index is 13.6. The van der Waals surface area contributed by atoms with Gasteiger partial charge < -0.3 is 15.2 Å². The van der Waals surface area contributed by atoms with Gasteiger partial charge in [-0.1, -0.05) is 0 Å². The van der Waals surface area contributed by atoms with Gasteiger partial charge in [0, 0.05) is 16.7 Å². The standard InChI is InChI=1S/C14H19F2NO2/c1-8-11(15)5-10(6-12(8)16)14(18)9(2)17-13(3,4)7-19-14/h5-6,9,17-18H,7H2,1-4H3. The van der Waals surface area contributed by atoms with Crippen molar-refractivity contribution in [3.8, 4) is 0 Å². The lowest BCUT2D eigenvalue weighted by molar-refractivity contribution is -0.263. The Balaban J connectivity index is 2.41. The third-order valence-electron chi connectivity index (χ3n) is 3.54. The van der Waals surface area contributed by atoms with Crippen LogP contribution in [0.3, 0.4) is 0 Å². The molecule has 0 amide bonds. The molecule has 1 aliphatic heterocycles. The Kier molecular flexibility index (Phi) is 3.41. The van der Waals surface area contributed by atoms with E-state index in [4.69, 9.17) is 4.74 Å². The molecular formula is C14H19F2NO2. The van der Waals surface area contributed by atoms with Gasteiger partial charge in [0.2, 0.25) is 5.79 Å². The minimum atomic E-state index is -1.73. The third-order valence-corrected chi connectivity index (χ3v) is 3.54. The average Bonchev–Trinajstić information content (AvgIpc) is 2.30. The van der Waals surface area contributed by atoms with Crippen molar-refractivity contribution in [2.24, 2.45) is 0 Å². The third kappa shape index (κ3) is 2.50. The van der Waals surface area contributed by atoms with Gasteiger partial charge in [0.1, 0.15) is 11.6 Å². The van der Waals surface area contributed by atoms with Crippen LogP contribution in [0.4, 0.5) is 8.78 Å². The van der Waals surface area contributed by atoms with Crippen LogP contribution in [0.2, 0.25) is 0 Å². The molecule has 3 nitrogen and oxygen atoms in total. The first-order valence-electron chi connectivity index (χ1n) is 6.26. The van der Waals surface area contributed by atoms with Crippen LogP contribution in [0.1, 0.15) is 31.9 Å². The normalized spacial score (nSPS) is 30.4. The van der Waals surface area contributed by atoms with Gasteiger partial charge >= 0.3 is 0 Å². The van der Waals surface area contributed by atoms with Crippen LogP contribution in [0.15, 0.2) is 12.1 Å². The Morgan fingerprint density at radius 1 is 1.32 bits per heavy atom. The zero-order valence-corrected chi connectivity index (χ0v) is 11.6. The molecule has 1 aliphatic rings. The molecule has 1 heterocycles. The van der Waals surface area contributed by atoms with Crippen molar-refractivity contribution in [1.82, 2.24) is 5.32 Å². The number of aliphatic hydroxyl groups is 1. The van der Waals surface area contributed by atoms with Crippen molar-refractivity contribution in [1.29, 1.82) is 0 Å². The lowest BCUT2D eigenvalue weighted by atomic mass is 9.92. The smallest absolute Gasteiger partial charge is 0.208 e. The molecule has 2 N–H and O–H groups in total. The summed E-state index contributed by atoms with van der Waals surface area (Å²) in [7, 11) is 0. The maximum atomic E-state index is 13.6. The Labute approximate surface area is 111 Å². The van der Waals surface area contributed by atoms with E-state index in [0.29, 0.717) is 0 Å². The first-order chi connectivity index (χ1) is 8.66. The molecule has 1 saturated heterocycles. The van der Waals surface area contributed by atoms with Crippen LogP contribution in [0.25, 0.3) is 0 Å². The number of hydrogen-bond acceptors (Lipinski definition) is 3. The van der Waals surface area contributed by atoms with Gasteiger partial charge in [0.25, 0.3) is 0 Å². The zero-order valence-electron chi connectivity index (χ0n) is 11.6. The van der Waals surface area contributed by atoms with Crippen molar-refractivity contribution in [3.63, 3.8) is 0 Å². The van der Waals surface area contributed by atoms with E-state index in [2.05, 4.69) is 5.32 Å². The predicted octanol–water partition coefficient (Wildman–Crippen LogP) is 2.21. The Bertz CT molecular complexity index is 481. The van der Waals surface area contributed by atoms with Crippen LogP contribution in [-0.4, -0.2) is 23.3 Å². The summed E-state index contributed by atoms with van der Waals surface area (Å²) in [4.78, 5) is 0. The summed E-state index contributed by atoms with van der Waals surface area (Å²) < 4.78 is 32.7. The van der Waals surface area contributed by atoms with Crippen molar-refractivity contribution in [2.75, 3.05) is 6.61 Å². The van der Waals surface area contributed by atoms with E-state index in [1.807, 2.05) is 13.8 Å². The molecule has 1 aromatic rings. The molecule has 0 saturated carbocycles. The molecule has 106 valence electrons. The van der Waals surface area contributed by atoms with Crippen molar-refractivity contribution in [3.05, 3.63) is 34.9 Å². The minimum absolute atomic E-state index is 0.0656. The predicted molar refractivity (Wildman–Crippen MR) is 67.6 cm³/mol. The van der Waals surface area contributed by atoms with E-state index in [-0.39, 0.29) is 23.3 Å². The van der Waals surface area contributed by atoms with Crippen LogP contribution >= 0.6 is 0 Å². The van der Waals surface area contributed by atoms with E-state index in [1.54, 1.807) is 6.92 Å². The molecule has 2 rings (SSSR count). The fourth-order valence-corrected chi connectivity index (χ4v) is 2.33. The quantitative estimate of drug-likeness (QED) is 0.823. The van der Waals surface area contributed by atoms with Crippen molar-refractivity contribution in [2.45, 2.75) is 45.1 Å². The topological polar surface area (TPSA) is 41.5 Å². The van der Waals surface area contributed by atoms with Crippen molar-refractivity contribution >= 4 is 0 Å². The summed E-state index contributed by atoms with van der Waals surface area (Å²) in [5.41, 5.74) is -0.277. The number of ether oxygens (including phenoxy) is 1. The van der Waals surface area contributed by atoms with Gasteiger partial charge in [0.15, 0.2) is 0 Å². The van der Waals surface area contributed by atoms with E-state index in [0.717, 1.165) is 12.1 Å². The second-order valence-corrected chi connectivity index (χ2v) is 5.80. The lowest BCUT2D eigenvalue weighted by Crippen LogP contribution is -2.63. The number of halogens is 2. The molecule has 0 spiro atoms. The molecular weight excluding hydrogens is 252 g/mol. The van der Waals surface area contributed by atoms with Crippen molar-refractivity contribution < 1.29 is 18.6 Å². The fourth-order valence-electron chi connectivity index (χ4n) is 2.33. The van der Waals surface area contributed by atoms with Gasteiger partial charge in [-0.15, -0.1) is 0 Å². The summed E-state index contributed by atoms with van der Waals surface area (Å²) in [6.07, 6.45) is 0. The van der Waals surface area contributed by atoms with E-state index in [1.165, 1.54) is 6.92 Å². The highest BCUT2D eigenvalue weighted by atomic mass is 19.1. The number of rotatable bonds is 1. The van der Waals surface area contributed by atoms with Gasteiger partial charge in [-0.25, -0.2) is 8.78 Å². The number of hydrogen-bond donors (Lipinski definition) is 2. The summed E-state index contributed by atoms with van der Waals surface area (Å²) in [5, 5.41) is 13.7. The summed E-state index contributed by atoms with van der Waals surface area (Å²) >= 11 is 0. The maximum Gasteiger partial charge on any atom is 0.208 e. The fraction of sp³-hybridized carbons (Fsp3) is 0.571. The Hall–Kier alpha value is -1.04. The van der Waals surface area contributed by atoms with Crippen LogP contribution < -0.4 is 5.32 Å². The Morgan fingerprint density at radius 2 is 1.84 bits per heavy atom. The second-order valence-electron chi connectivity index (χ2n) is 5.80. The SMILES string of the molecule is Cc1c(F)cc(C2(O)OCC(C)(C)NC2C)cc1F. The van der Waals surface area contributed by atoms with Gasteiger partial charge in [-0.05, 0) is 39.8 Å². The molecule has 19 heavy (non-hydrogen) atoms. The first kappa shape index (κ1) is 14.4. The van der Waals surface area contributed by atoms with Gasteiger partial charge in [0.05, 0.1) is 12.6 Å². The first-order valence-corrected chi connectivity index (χ1v) is 6.26. The highest BCUT2D eigenvalue weighted by molar-refractivity contribution is 5.29. The highest BCUT2D eigenvalue weighted by Gasteiger charge is 2.45. The van der Waals surface area contributed by atoms with E-state index in [9.17, 15) is 13.9 Å². The van der Waals surface area contributed by atoms with Crippen LogP contribution in [-0.2, 0) is 10.5 Å².